The van der Waals surface area contributed by atoms with E-state index in [1.165, 1.54) is 7.11 Å². The zero-order valence-electron chi connectivity index (χ0n) is 10.7. The van der Waals surface area contributed by atoms with Crippen molar-refractivity contribution in [1.82, 2.24) is 5.32 Å². The van der Waals surface area contributed by atoms with Gasteiger partial charge in [0, 0.05) is 6.61 Å². The van der Waals surface area contributed by atoms with Gasteiger partial charge in [0.15, 0.2) is 5.75 Å². The van der Waals surface area contributed by atoms with Crippen molar-refractivity contribution in [2.45, 2.75) is 18.9 Å². The number of benzene rings is 1. The SMILES string of the molecule is COc1c(N)cccc1C(=O)NC1(C)CCOC1. The number of carbonyl (C=O) groups is 1. The molecule has 1 fully saturated rings. The number of anilines is 1. The fraction of sp³-hybridized carbons (Fsp3) is 0.462. The van der Waals surface area contributed by atoms with Crippen molar-refractivity contribution < 1.29 is 14.3 Å². The van der Waals surface area contributed by atoms with Gasteiger partial charge in [-0.3, -0.25) is 4.79 Å². The summed E-state index contributed by atoms with van der Waals surface area (Å²) in [6, 6.07) is 5.14. The molecule has 1 amide bonds. The topological polar surface area (TPSA) is 73.6 Å². The zero-order chi connectivity index (χ0) is 13.2. The van der Waals surface area contributed by atoms with Crippen LogP contribution in [-0.2, 0) is 4.74 Å². The number of nitrogens with two attached hydrogens (primary N) is 1. The van der Waals surface area contributed by atoms with Crippen LogP contribution in [0.25, 0.3) is 0 Å². The molecule has 1 unspecified atom stereocenters. The molecular weight excluding hydrogens is 232 g/mol. The minimum Gasteiger partial charge on any atom is -0.494 e. The van der Waals surface area contributed by atoms with Crippen LogP contribution in [0.4, 0.5) is 5.69 Å². The van der Waals surface area contributed by atoms with Gasteiger partial charge in [-0.25, -0.2) is 0 Å². The molecule has 1 aromatic rings. The Kier molecular flexibility index (Phi) is 3.43. The molecule has 0 radical (unpaired) electrons. The van der Waals surface area contributed by atoms with Crippen molar-refractivity contribution in [3.05, 3.63) is 23.8 Å². The lowest BCUT2D eigenvalue weighted by molar-refractivity contribution is 0.0887. The Morgan fingerprint density at radius 2 is 2.33 bits per heavy atom. The number of methoxy groups -OCH3 is 1. The summed E-state index contributed by atoms with van der Waals surface area (Å²) in [6.45, 7) is 3.17. The first-order chi connectivity index (χ1) is 8.56. The van der Waals surface area contributed by atoms with Crippen molar-refractivity contribution in [3.63, 3.8) is 0 Å². The predicted molar refractivity (Wildman–Crippen MR) is 68.7 cm³/mol. The fourth-order valence-corrected chi connectivity index (χ4v) is 2.07. The summed E-state index contributed by atoms with van der Waals surface area (Å²) in [7, 11) is 1.50. The number of para-hydroxylation sites is 1. The van der Waals surface area contributed by atoms with E-state index in [0.717, 1.165) is 6.42 Å². The van der Waals surface area contributed by atoms with Crippen LogP contribution >= 0.6 is 0 Å². The second-order valence-corrected chi connectivity index (χ2v) is 4.75. The molecule has 1 aliphatic rings. The van der Waals surface area contributed by atoms with E-state index in [1.807, 2.05) is 6.92 Å². The lowest BCUT2D eigenvalue weighted by Crippen LogP contribution is -2.46. The monoisotopic (exact) mass is 250 g/mol. The summed E-state index contributed by atoms with van der Waals surface area (Å²) >= 11 is 0. The quantitative estimate of drug-likeness (QED) is 0.790. The third kappa shape index (κ3) is 2.41. The van der Waals surface area contributed by atoms with E-state index in [2.05, 4.69) is 5.32 Å². The molecule has 3 N–H and O–H groups in total. The lowest BCUT2D eigenvalue weighted by Gasteiger charge is -2.24. The molecule has 1 aromatic carbocycles. The highest BCUT2D eigenvalue weighted by molar-refractivity contribution is 5.99. The molecule has 1 aliphatic heterocycles. The molecule has 0 aliphatic carbocycles. The normalized spacial score (nSPS) is 22.8. The molecule has 5 nitrogen and oxygen atoms in total. The highest BCUT2D eigenvalue weighted by atomic mass is 16.5. The van der Waals surface area contributed by atoms with Gasteiger partial charge in [0.1, 0.15) is 0 Å². The van der Waals surface area contributed by atoms with E-state index in [9.17, 15) is 4.79 Å². The van der Waals surface area contributed by atoms with Crippen molar-refractivity contribution in [3.8, 4) is 5.75 Å². The zero-order valence-corrected chi connectivity index (χ0v) is 10.7. The Morgan fingerprint density at radius 1 is 1.56 bits per heavy atom. The van der Waals surface area contributed by atoms with Gasteiger partial charge < -0.3 is 20.5 Å². The van der Waals surface area contributed by atoms with Crippen LogP contribution in [-0.4, -0.2) is 31.8 Å². The van der Waals surface area contributed by atoms with Gasteiger partial charge in [-0.15, -0.1) is 0 Å². The molecule has 1 atom stereocenters. The molecule has 2 rings (SSSR count). The van der Waals surface area contributed by atoms with Crippen LogP contribution < -0.4 is 15.8 Å². The number of hydrogen-bond acceptors (Lipinski definition) is 4. The molecule has 18 heavy (non-hydrogen) atoms. The van der Waals surface area contributed by atoms with Crippen molar-refractivity contribution >= 4 is 11.6 Å². The summed E-state index contributed by atoms with van der Waals surface area (Å²) in [6.07, 6.45) is 0.809. The lowest BCUT2D eigenvalue weighted by atomic mass is 10.0. The first-order valence-corrected chi connectivity index (χ1v) is 5.88. The van der Waals surface area contributed by atoms with Crippen molar-refractivity contribution in [1.29, 1.82) is 0 Å². The predicted octanol–water partition coefficient (Wildman–Crippen LogP) is 1.19. The van der Waals surface area contributed by atoms with Crippen molar-refractivity contribution in [2.75, 3.05) is 26.1 Å². The Labute approximate surface area is 106 Å². The van der Waals surface area contributed by atoms with Crippen LogP contribution in [0, 0.1) is 0 Å². The van der Waals surface area contributed by atoms with Crippen LogP contribution in [0.1, 0.15) is 23.7 Å². The van der Waals surface area contributed by atoms with E-state index in [0.29, 0.717) is 30.2 Å². The van der Waals surface area contributed by atoms with Gasteiger partial charge in [-0.1, -0.05) is 6.07 Å². The highest BCUT2D eigenvalue weighted by Gasteiger charge is 2.32. The summed E-state index contributed by atoms with van der Waals surface area (Å²) in [4.78, 5) is 12.2. The number of hydrogen-bond donors (Lipinski definition) is 2. The summed E-state index contributed by atoms with van der Waals surface area (Å²) in [5, 5.41) is 2.97. The number of nitrogens with one attached hydrogen (secondary N) is 1. The first kappa shape index (κ1) is 12.7. The van der Waals surface area contributed by atoms with Crippen LogP contribution in [0.15, 0.2) is 18.2 Å². The minimum absolute atomic E-state index is 0.188. The second-order valence-electron chi connectivity index (χ2n) is 4.75. The second kappa shape index (κ2) is 4.86. The fourth-order valence-electron chi connectivity index (χ4n) is 2.07. The summed E-state index contributed by atoms with van der Waals surface area (Å²) in [5.41, 5.74) is 6.37. The Bertz CT molecular complexity index is 454. The number of amides is 1. The molecule has 1 heterocycles. The van der Waals surface area contributed by atoms with Gasteiger partial charge in [0.25, 0.3) is 5.91 Å². The van der Waals surface area contributed by atoms with E-state index < -0.39 is 0 Å². The van der Waals surface area contributed by atoms with E-state index >= 15 is 0 Å². The standard InChI is InChI=1S/C13H18N2O3/c1-13(6-7-18-8-13)15-12(16)9-4-3-5-10(14)11(9)17-2/h3-5H,6-8,14H2,1-2H3,(H,15,16). The average Bonchev–Trinajstić information content (AvgIpc) is 2.75. The molecule has 5 heteroatoms. The molecule has 0 aromatic heterocycles. The minimum atomic E-state index is -0.313. The third-order valence-electron chi connectivity index (χ3n) is 3.13. The van der Waals surface area contributed by atoms with Gasteiger partial charge in [0.2, 0.25) is 0 Å². The molecule has 0 spiro atoms. The maximum atomic E-state index is 12.2. The Morgan fingerprint density at radius 3 is 2.94 bits per heavy atom. The number of rotatable bonds is 3. The third-order valence-corrected chi connectivity index (χ3v) is 3.13. The van der Waals surface area contributed by atoms with Crippen LogP contribution in [0.5, 0.6) is 5.75 Å². The number of nitrogen functional groups attached to an aromatic ring is 1. The molecule has 98 valence electrons. The maximum Gasteiger partial charge on any atom is 0.255 e. The first-order valence-electron chi connectivity index (χ1n) is 5.88. The van der Waals surface area contributed by atoms with E-state index in [-0.39, 0.29) is 11.4 Å². The van der Waals surface area contributed by atoms with Crippen LogP contribution in [0.3, 0.4) is 0 Å². The smallest absolute Gasteiger partial charge is 0.255 e. The van der Waals surface area contributed by atoms with E-state index in [4.69, 9.17) is 15.2 Å². The van der Waals surface area contributed by atoms with Gasteiger partial charge in [-0.05, 0) is 25.5 Å². The van der Waals surface area contributed by atoms with Gasteiger partial charge in [0.05, 0.1) is 30.5 Å². The van der Waals surface area contributed by atoms with Gasteiger partial charge >= 0.3 is 0 Å². The Balaban J connectivity index is 2.21. The molecule has 1 saturated heterocycles. The summed E-state index contributed by atoms with van der Waals surface area (Å²) in [5.74, 6) is 0.227. The molecular formula is C13H18N2O3. The maximum absolute atomic E-state index is 12.2. The van der Waals surface area contributed by atoms with Gasteiger partial charge in [-0.2, -0.15) is 0 Å². The van der Waals surface area contributed by atoms with Crippen LogP contribution in [0.2, 0.25) is 0 Å². The largest absolute Gasteiger partial charge is 0.494 e. The highest BCUT2D eigenvalue weighted by Crippen LogP contribution is 2.27. The number of ether oxygens (including phenoxy) is 2. The summed E-state index contributed by atoms with van der Waals surface area (Å²) < 4.78 is 10.5. The van der Waals surface area contributed by atoms with Crippen molar-refractivity contribution in [2.24, 2.45) is 0 Å². The molecule has 0 saturated carbocycles. The Hall–Kier alpha value is -1.75. The number of carbonyl (C=O) groups excluding carboxylic acids is 1. The molecule has 0 bridgehead atoms. The van der Waals surface area contributed by atoms with E-state index in [1.54, 1.807) is 18.2 Å². The average molecular weight is 250 g/mol.